The van der Waals surface area contributed by atoms with Crippen molar-refractivity contribution in [2.24, 2.45) is 4.99 Å². The maximum absolute atomic E-state index is 13.3. The molecule has 0 saturated carbocycles. The van der Waals surface area contributed by atoms with Crippen molar-refractivity contribution in [3.8, 4) is 5.75 Å². The van der Waals surface area contributed by atoms with Gasteiger partial charge in [0.1, 0.15) is 11.8 Å². The number of aromatic hydroxyl groups is 1. The van der Waals surface area contributed by atoms with Crippen LogP contribution < -0.4 is 14.9 Å². The lowest BCUT2D eigenvalue weighted by molar-refractivity contribution is -0.139. The molecule has 3 aromatic rings. The predicted molar refractivity (Wildman–Crippen MR) is 118 cm³/mol. The maximum atomic E-state index is 13.3. The van der Waals surface area contributed by atoms with Crippen LogP contribution in [0.5, 0.6) is 5.75 Å². The standard InChI is InChI=1S/C21H17ClN2O4S2/c1-3-28-20(27)17-11(2)23-21-24(18(17)15-5-4-8-29-15)19(26)16(30-21)10-12-9-13(22)6-7-14(12)25/h4-10,18,25H,3H2,1-2H3. The number of rotatable bonds is 4. The highest BCUT2D eigenvalue weighted by atomic mass is 35.5. The van der Waals surface area contributed by atoms with Crippen molar-refractivity contribution in [3.05, 3.63) is 82.1 Å². The Hall–Kier alpha value is -2.68. The van der Waals surface area contributed by atoms with Gasteiger partial charge in [0.25, 0.3) is 5.56 Å². The van der Waals surface area contributed by atoms with Crippen LogP contribution in [0.25, 0.3) is 6.08 Å². The summed E-state index contributed by atoms with van der Waals surface area (Å²) in [7, 11) is 0. The third kappa shape index (κ3) is 3.62. The minimum Gasteiger partial charge on any atom is -0.507 e. The number of thiophene rings is 1. The normalized spacial score (nSPS) is 16.4. The van der Waals surface area contributed by atoms with Gasteiger partial charge in [0, 0.05) is 15.5 Å². The van der Waals surface area contributed by atoms with E-state index in [1.807, 2.05) is 17.5 Å². The van der Waals surface area contributed by atoms with Crippen molar-refractivity contribution < 1.29 is 14.6 Å². The minimum atomic E-state index is -0.615. The second-order valence-corrected chi connectivity index (χ2v) is 8.95. The van der Waals surface area contributed by atoms with E-state index in [2.05, 4.69) is 4.99 Å². The summed E-state index contributed by atoms with van der Waals surface area (Å²) < 4.78 is 7.14. The number of ether oxygens (including phenoxy) is 1. The number of nitrogens with zero attached hydrogens (tertiary/aromatic N) is 2. The number of carbonyl (C=O) groups is 1. The van der Waals surface area contributed by atoms with Crippen LogP contribution in [0.2, 0.25) is 5.02 Å². The molecule has 1 aromatic carbocycles. The number of fused-ring (bicyclic) bond motifs is 1. The molecule has 3 heterocycles. The first-order valence-electron chi connectivity index (χ1n) is 9.12. The molecule has 1 N–H and O–H groups in total. The molecular weight excluding hydrogens is 444 g/mol. The first-order chi connectivity index (χ1) is 14.4. The maximum Gasteiger partial charge on any atom is 0.338 e. The number of aromatic nitrogens is 1. The molecule has 1 aliphatic rings. The molecule has 154 valence electrons. The topological polar surface area (TPSA) is 80.9 Å². The number of carbonyl (C=O) groups excluding carboxylic acids is 1. The number of thiazole rings is 1. The number of phenolic OH excluding ortho intramolecular Hbond substituents is 1. The highest BCUT2D eigenvalue weighted by Gasteiger charge is 2.33. The zero-order valence-electron chi connectivity index (χ0n) is 16.1. The van der Waals surface area contributed by atoms with Crippen LogP contribution in [-0.2, 0) is 9.53 Å². The van der Waals surface area contributed by atoms with Crippen LogP contribution >= 0.6 is 34.3 Å². The average molecular weight is 461 g/mol. The van der Waals surface area contributed by atoms with E-state index in [9.17, 15) is 14.7 Å². The van der Waals surface area contributed by atoms with E-state index in [1.165, 1.54) is 33.3 Å². The van der Waals surface area contributed by atoms with Crippen LogP contribution in [0.15, 0.2) is 56.8 Å². The van der Waals surface area contributed by atoms with Crippen LogP contribution in [0.3, 0.4) is 0 Å². The Morgan fingerprint density at radius 3 is 2.90 bits per heavy atom. The monoisotopic (exact) mass is 460 g/mol. The summed E-state index contributed by atoms with van der Waals surface area (Å²) in [6, 6.07) is 7.77. The number of halogens is 1. The molecule has 6 nitrogen and oxygen atoms in total. The molecular formula is C21H17ClN2O4S2. The molecule has 0 fully saturated rings. The molecule has 30 heavy (non-hydrogen) atoms. The van der Waals surface area contributed by atoms with Gasteiger partial charge in [0.05, 0.1) is 22.4 Å². The number of hydrogen-bond donors (Lipinski definition) is 1. The molecule has 0 spiro atoms. The Morgan fingerprint density at radius 1 is 1.40 bits per heavy atom. The van der Waals surface area contributed by atoms with Crippen LogP contribution in [0, 0.1) is 0 Å². The summed E-state index contributed by atoms with van der Waals surface area (Å²) in [5.74, 6) is -0.470. The van der Waals surface area contributed by atoms with Crippen molar-refractivity contribution in [1.82, 2.24) is 4.57 Å². The second kappa shape index (κ2) is 8.22. The summed E-state index contributed by atoms with van der Waals surface area (Å²) in [4.78, 5) is 31.9. The molecule has 1 atom stereocenters. The van der Waals surface area contributed by atoms with E-state index in [1.54, 1.807) is 32.1 Å². The Balaban J connectivity index is 1.96. The van der Waals surface area contributed by atoms with Gasteiger partial charge < -0.3 is 9.84 Å². The van der Waals surface area contributed by atoms with E-state index in [0.29, 0.717) is 31.2 Å². The van der Waals surface area contributed by atoms with E-state index >= 15 is 0 Å². The van der Waals surface area contributed by atoms with E-state index in [0.717, 1.165) is 4.88 Å². The number of benzene rings is 1. The fourth-order valence-corrected chi connectivity index (χ4v) is 5.33. The van der Waals surface area contributed by atoms with Crippen molar-refractivity contribution >= 4 is 46.3 Å². The van der Waals surface area contributed by atoms with E-state index < -0.39 is 12.0 Å². The number of hydrogen-bond acceptors (Lipinski definition) is 7. The van der Waals surface area contributed by atoms with Gasteiger partial charge >= 0.3 is 5.97 Å². The Kier molecular flexibility index (Phi) is 5.64. The summed E-state index contributed by atoms with van der Waals surface area (Å²) in [6.45, 7) is 3.71. The SMILES string of the molecule is CCOC(=O)C1=C(C)N=c2sc(=Cc3cc(Cl)ccc3O)c(=O)n2C1c1cccs1. The Labute approximate surface area is 184 Å². The fraction of sp³-hybridized carbons (Fsp3) is 0.190. The summed E-state index contributed by atoms with van der Waals surface area (Å²) >= 11 is 8.68. The van der Waals surface area contributed by atoms with Crippen molar-refractivity contribution in [1.29, 1.82) is 0 Å². The fourth-order valence-electron chi connectivity index (χ4n) is 3.29. The number of esters is 1. The molecule has 9 heteroatoms. The molecule has 0 radical (unpaired) electrons. The van der Waals surface area contributed by atoms with Gasteiger partial charge in [-0.1, -0.05) is 29.0 Å². The summed E-state index contributed by atoms with van der Waals surface area (Å²) in [6.07, 6.45) is 1.58. The van der Waals surface area contributed by atoms with Gasteiger partial charge in [-0.3, -0.25) is 9.36 Å². The van der Waals surface area contributed by atoms with Gasteiger partial charge in [-0.15, -0.1) is 11.3 Å². The van der Waals surface area contributed by atoms with Gasteiger partial charge in [-0.2, -0.15) is 0 Å². The number of phenols is 1. The quantitative estimate of drug-likeness (QED) is 0.606. The molecule has 0 aliphatic carbocycles. The third-order valence-electron chi connectivity index (χ3n) is 4.61. The number of allylic oxidation sites excluding steroid dienone is 1. The molecule has 4 rings (SSSR count). The molecule has 1 aliphatic heterocycles. The first-order valence-corrected chi connectivity index (χ1v) is 11.2. The molecule has 0 saturated heterocycles. The molecule has 0 amide bonds. The van der Waals surface area contributed by atoms with E-state index in [4.69, 9.17) is 16.3 Å². The molecule has 2 aromatic heterocycles. The zero-order valence-corrected chi connectivity index (χ0v) is 18.5. The summed E-state index contributed by atoms with van der Waals surface area (Å²) in [5, 5.41) is 12.5. The Morgan fingerprint density at radius 2 is 2.20 bits per heavy atom. The highest BCUT2D eigenvalue weighted by molar-refractivity contribution is 7.10. The van der Waals surface area contributed by atoms with Crippen molar-refractivity contribution in [3.63, 3.8) is 0 Å². The smallest absolute Gasteiger partial charge is 0.338 e. The average Bonchev–Trinajstić information content (AvgIpc) is 3.33. The van der Waals surface area contributed by atoms with Gasteiger partial charge in [0.2, 0.25) is 0 Å². The Bertz CT molecular complexity index is 1340. The summed E-state index contributed by atoms with van der Waals surface area (Å²) in [5.41, 5.74) is 1.00. The highest BCUT2D eigenvalue weighted by Crippen LogP contribution is 2.33. The van der Waals surface area contributed by atoms with Crippen LogP contribution in [0.1, 0.15) is 30.3 Å². The lowest BCUT2D eigenvalue weighted by Gasteiger charge is -2.23. The second-order valence-electron chi connectivity index (χ2n) is 6.52. The lowest BCUT2D eigenvalue weighted by Crippen LogP contribution is -2.39. The minimum absolute atomic E-state index is 0.0171. The largest absolute Gasteiger partial charge is 0.507 e. The third-order valence-corrected chi connectivity index (χ3v) is 6.75. The van der Waals surface area contributed by atoms with E-state index in [-0.39, 0.29) is 17.9 Å². The predicted octanol–water partition coefficient (Wildman–Crippen LogP) is 3.22. The van der Waals surface area contributed by atoms with Gasteiger partial charge in [-0.05, 0) is 49.6 Å². The van der Waals surface area contributed by atoms with Gasteiger partial charge in [-0.25, -0.2) is 9.79 Å². The molecule has 1 unspecified atom stereocenters. The van der Waals surface area contributed by atoms with Crippen LogP contribution in [-0.4, -0.2) is 22.2 Å². The van der Waals surface area contributed by atoms with Crippen molar-refractivity contribution in [2.75, 3.05) is 6.61 Å². The first kappa shape index (κ1) is 20.6. The zero-order chi connectivity index (χ0) is 21.4. The van der Waals surface area contributed by atoms with Gasteiger partial charge in [0.15, 0.2) is 4.80 Å². The molecule has 0 bridgehead atoms. The lowest BCUT2D eigenvalue weighted by atomic mass is 10.0. The van der Waals surface area contributed by atoms with Crippen LogP contribution in [0.4, 0.5) is 0 Å². The van der Waals surface area contributed by atoms with Crippen molar-refractivity contribution in [2.45, 2.75) is 19.9 Å².